The van der Waals surface area contributed by atoms with Gasteiger partial charge < -0.3 is 25.1 Å². The Bertz CT molecular complexity index is 1510. The van der Waals surface area contributed by atoms with Crippen molar-refractivity contribution in [2.75, 3.05) is 52.2 Å². The number of rotatable bonds is 16. The Morgan fingerprint density at radius 2 is 1.90 bits per heavy atom. The van der Waals surface area contributed by atoms with Crippen molar-refractivity contribution in [2.24, 2.45) is 0 Å². The van der Waals surface area contributed by atoms with E-state index in [2.05, 4.69) is 19.9 Å². The number of nitrogen functional groups attached to an aromatic ring is 1. The molecule has 0 spiro atoms. The molecule has 3 aromatic rings. The molecule has 0 amide bonds. The molecular weight excluding hydrogens is 562 g/mol. The predicted octanol–water partition coefficient (Wildman–Crippen LogP) is 2.16. The normalized spacial score (nSPS) is 14.2. The summed E-state index contributed by atoms with van der Waals surface area (Å²) >= 11 is 0. The van der Waals surface area contributed by atoms with Crippen LogP contribution < -0.4 is 16.2 Å². The minimum absolute atomic E-state index is 0.00750. The number of benzene rings is 1. The first-order valence-corrected chi connectivity index (χ1v) is 15.9. The Balaban J connectivity index is 1.47. The molecule has 4 rings (SSSR count). The van der Waals surface area contributed by atoms with Gasteiger partial charge in [-0.05, 0) is 62.9 Å². The van der Waals surface area contributed by atoms with Crippen LogP contribution in [0.2, 0.25) is 0 Å². The molecule has 1 fully saturated rings. The lowest BCUT2D eigenvalue weighted by Crippen LogP contribution is -2.38. The Labute approximate surface area is 246 Å². The Morgan fingerprint density at radius 3 is 2.64 bits per heavy atom. The van der Waals surface area contributed by atoms with Gasteiger partial charge in [-0.3, -0.25) is 9.36 Å². The van der Waals surface area contributed by atoms with E-state index in [1.165, 1.54) is 22.0 Å². The summed E-state index contributed by atoms with van der Waals surface area (Å²) in [6.07, 6.45) is 5.06. The van der Waals surface area contributed by atoms with Gasteiger partial charge in [0.1, 0.15) is 5.52 Å². The monoisotopic (exact) mass is 603 g/mol. The van der Waals surface area contributed by atoms with Gasteiger partial charge in [0.15, 0.2) is 11.5 Å². The summed E-state index contributed by atoms with van der Waals surface area (Å²) in [6.45, 7) is 5.99. The molecule has 0 bridgehead atoms. The number of nitrogens with two attached hydrogens (primary N) is 1. The molecule has 13 nitrogen and oxygen atoms in total. The molecule has 42 heavy (non-hydrogen) atoms. The SMILES string of the molecule is CCCCOc1nc(N)c2[nH]c(=O)n(CCCCN(CCN3CCCC3)S(=O)(=O)c3cccc(CC(=O)OC)c3)c2n1. The third-order valence-corrected chi connectivity index (χ3v) is 9.27. The van der Waals surface area contributed by atoms with Crippen LogP contribution in [-0.4, -0.2) is 89.6 Å². The summed E-state index contributed by atoms with van der Waals surface area (Å²) < 4.78 is 40.9. The van der Waals surface area contributed by atoms with Gasteiger partial charge in [-0.1, -0.05) is 25.5 Å². The molecule has 0 unspecified atom stereocenters. The van der Waals surface area contributed by atoms with Gasteiger partial charge in [-0.25, -0.2) is 13.2 Å². The van der Waals surface area contributed by atoms with Crippen LogP contribution in [-0.2, 0) is 32.5 Å². The zero-order valence-electron chi connectivity index (χ0n) is 24.4. The molecule has 2 aromatic heterocycles. The van der Waals surface area contributed by atoms with Crippen LogP contribution >= 0.6 is 0 Å². The van der Waals surface area contributed by atoms with E-state index in [1.807, 2.05) is 6.92 Å². The van der Waals surface area contributed by atoms with Crippen molar-refractivity contribution in [1.29, 1.82) is 0 Å². The molecule has 3 N–H and O–H groups in total. The molecule has 3 heterocycles. The van der Waals surface area contributed by atoms with Gasteiger partial charge >= 0.3 is 17.7 Å². The molecule has 1 aliphatic heterocycles. The number of hydrogen-bond acceptors (Lipinski definition) is 10. The van der Waals surface area contributed by atoms with E-state index in [0.717, 1.165) is 38.8 Å². The number of carbonyl (C=O) groups is 1. The van der Waals surface area contributed by atoms with E-state index >= 15 is 0 Å². The molecule has 14 heteroatoms. The smallest absolute Gasteiger partial charge is 0.327 e. The summed E-state index contributed by atoms with van der Waals surface area (Å²) in [7, 11) is -2.53. The van der Waals surface area contributed by atoms with Crippen molar-refractivity contribution < 1.29 is 22.7 Å². The van der Waals surface area contributed by atoms with Gasteiger partial charge in [0.2, 0.25) is 10.0 Å². The van der Waals surface area contributed by atoms with E-state index in [0.29, 0.717) is 55.8 Å². The number of carbonyl (C=O) groups excluding carboxylic acids is 1. The molecule has 230 valence electrons. The van der Waals surface area contributed by atoms with E-state index in [9.17, 15) is 18.0 Å². The number of unbranched alkanes of at least 4 members (excludes halogenated alkanes) is 2. The van der Waals surface area contributed by atoms with Crippen LogP contribution in [0.5, 0.6) is 6.01 Å². The first-order chi connectivity index (χ1) is 20.2. The minimum atomic E-state index is -3.83. The van der Waals surface area contributed by atoms with Crippen LogP contribution in [0.15, 0.2) is 34.0 Å². The highest BCUT2D eigenvalue weighted by molar-refractivity contribution is 7.89. The second-order valence-corrected chi connectivity index (χ2v) is 12.4. The number of methoxy groups -OCH3 is 1. The number of nitrogens with zero attached hydrogens (tertiary/aromatic N) is 5. The van der Waals surface area contributed by atoms with Gasteiger partial charge in [0.25, 0.3) is 0 Å². The number of nitrogens with one attached hydrogen (secondary N) is 1. The van der Waals surface area contributed by atoms with Crippen molar-refractivity contribution in [3.8, 4) is 6.01 Å². The minimum Gasteiger partial charge on any atom is -0.469 e. The number of aromatic nitrogens is 4. The van der Waals surface area contributed by atoms with E-state index in [1.54, 1.807) is 18.2 Å². The molecule has 0 radical (unpaired) electrons. The number of likely N-dealkylation sites (tertiary alicyclic amines) is 1. The summed E-state index contributed by atoms with van der Waals surface area (Å²) in [6, 6.07) is 6.55. The number of esters is 1. The van der Waals surface area contributed by atoms with Crippen molar-refractivity contribution in [3.63, 3.8) is 0 Å². The van der Waals surface area contributed by atoms with Crippen LogP contribution in [0.25, 0.3) is 11.2 Å². The van der Waals surface area contributed by atoms with Gasteiger partial charge in [-0.15, -0.1) is 0 Å². The molecular formula is C28H41N7O6S. The molecule has 0 atom stereocenters. The van der Waals surface area contributed by atoms with Gasteiger partial charge in [0.05, 0.1) is 25.0 Å². The zero-order valence-corrected chi connectivity index (χ0v) is 25.2. The highest BCUT2D eigenvalue weighted by atomic mass is 32.2. The zero-order chi connectivity index (χ0) is 30.1. The van der Waals surface area contributed by atoms with Crippen molar-refractivity contribution in [2.45, 2.75) is 63.3 Å². The van der Waals surface area contributed by atoms with Gasteiger partial charge in [0, 0.05) is 26.2 Å². The molecule has 1 saturated heterocycles. The van der Waals surface area contributed by atoms with Crippen LogP contribution in [0.1, 0.15) is 51.0 Å². The molecule has 1 aromatic carbocycles. The summed E-state index contributed by atoms with van der Waals surface area (Å²) in [5.41, 5.74) is 6.97. The van der Waals surface area contributed by atoms with E-state index < -0.39 is 16.0 Å². The molecule has 0 aliphatic carbocycles. The van der Waals surface area contributed by atoms with Crippen LogP contribution in [0, 0.1) is 0 Å². The lowest BCUT2D eigenvalue weighted by atomic mass is 10.1. The first kappa shape index (κ1) is 31.4. The van der Waals surface area contributed by atoms with Crippen molar-refractivity contribution in [1.82, 2.24) is 28.7 Å². The number of aryl methyl sites for hydroxylation is 1. The standard InChI is InChI=1S/C28H41N7O6S/c1-3-4-18-41-27-31-25(29)24-26(32-27)35(28(37)30-24)15-8-7-14-34(17-16-33-12-5-6-13-33)42(38,39)22-11-9-10-21(19-22)20-23(36)40-2/h9-11,19H,3-8,12-18,20H2,1-2H3,(H,30,37)(H2,29,31,32). The second-order valence-electron chi connectivity index (χ2n) is 10.4. The lowest BCUT2D eigenvalue weighted by molar-refractivity contribution is -0.139. The number of imidazole rings is 1. The number of hydrogen-bond donors (Lipinski definition) is 2. The van der Waals surface area contributed by atoms with Crippen molar-refractivity contribution in [3.05, 3.63) is 40.3 Å². The van der Waals surface area contributed by atoms with Gasteiger partial charge in [-0.2, -0.15) is 14.3 Å². The third-order valence-electron chi connectivity index (χ3n) is 7.38. The largest absolute Gasteiger partial charge is 0.469 e. The van der Waals surface area contributed by atoms with E-state index in [-0.39, 0.29) is 35.4 Å². The maximum atomic E-state index is 13.8. The topological polar surface area (TPSA) is 166 Å². The number of sulfonamides is 1. The van der Waals surface area contributed by atoms with Crippen LogP contribution in [0.4, 0.5) is 5.82 Å². The van der Waals surface area contributed by atoms with E-state index in [4.69, 9.17) is 15.2 Å². The average Bonchev–Trinajstić information content (AvgIpc) is 3.60. The Hall–Kier alpha value is -3.49. The van der Waals surface area contributed by atoms with Crippen LogP contribution in [0.3, 0.4) is 0 Å². The fourth-order valence-electron chi connectivity index (χ4n) is 4.98. The Kier molecular flexibility index (Phi) is 10.9. The molecule has 0 saturated carbocycles. The fourth-order valence-corrected chi connectivity index (χ4v) is 6.52. The maximum absolute atomic E-state index is 13.8. The first-order valence-electron chi connectivity index (χ1n) is 14.5. The van der Waals surface area contributed by atoms with Crippen molar-refractivity contribution >= 4 is 33.0 Å². The lowest BCUT2D eigenvalue weighted by Gasteiger charge is -2.25. The average molecular weight is 604 g/mol. The number of aromatic amines is 1. The fraction of sp³-hybridized carbons (Fsp3) is 0.571. The summed E-state index contributed by atoms with van der Waals surface area (Å²) in [4.78, 5) is 38.1. The summed E-state index contributed by atoms with van der Waals surface area (Å²) in [5.74, 6) is -0.300. The highest BCUT2D eigenvalue weighted by Crippen LogP contribution is 2.21. The quantitative estimate of drug-likeness (QED) is 0.183. The third kappa shape index (κ3) is 7.86. The maximum Gasteiger partial charge on any atom is 0.327 e. The Morgan fingerprint density at radius 1 is 1.12 bits per heavy atom. The number of ether oxygens (including phenoxy) is 2. The highest BCUT2D eigenvalue weighted by Gasteiger charge is 2.26. The predicted molar refractivity (Wildman–Crippen MR) is 159 cm³/mol. The number of anilines is 1. The number of H-pyrrole nitrogens is 1. The summed E-state index contributed by atoms with van der Waals surface area (Å²) in [5, 5.41) is 0. The second kappa shape index (κ2) is 14.6. The number of fused-ring (bicyclic) bond motifs is 1. The molecule has 1 aliphatic rings.